The van der Waals surface area contributed by atoms with Crippen molar-refractivity contribution in [1.29, 1.82) is 0 Å². The summed E-state index contributed by atoms with van der Waals surface area (Å²) in [6, 6.07) is 0. The second-order valence-electron chi connectivity index (χ2n) is 7.50. The van der Waals surface area contributed by atoms with E-state index in [-0.39, 0.29) is 44.6 Å². The van der Waals surface area contributed by atoms with Gasteiger partial charge in [0.25, 0.3) is 0 Å². The highest BCUT2D eigenvalue weighted by molar-refractivity contribution is 4.92. The number of rotatable bonds is 8. The van der Waals surface area contributed by atoms with E-state index in [9.17, 15) is 20.4 Å². The van der Waals surface area contributed by atoms with E-state index in [1.165, 1.54) is 14.2 Å². The molecule has 0 saturated carbocycles. The summed E-state index contributed by atoms with van der Waals surface area (Å²) in [6.07, 6.45) is -6.05. The first-order valence-electron chi connectivity index (χ1n) is 9.40. The van der Waals surface area contributed by atoms with E-state index in [4.69, 9.17) is 23.7 Å². The average Bonchev–Trinajstić information content (AvgIpc) is 2.63. The third-order valence-electron chi connectivity index (χ3n) is 5.61. The molecular formula is C18H34O9. The summed E-state index contributed by atoms with van der Waals surface area (Å²) < 4.78 is 27.2. The Morgan fingerprint density at radius 3 is 1.56 bits per heavy atom. The monoisotopic (exact) mass is 394 g/mol. The lowest BCUT2D eigenvalue weighted by Gasteiger charge is -2.43. The largest absolute Gasteiger partial charge is 0.390 e. The van der Waals surface area contributed by atoms with Crippen molar-refractivity contribution in [2.24, 2.45) is 11.8 Å². The zero-order valence-electron chi connectivity index (χ0n) is 16.4. The zero-order valence-corrected chi connectivity index (χ0v) is 16.4. The highest BCUT2D eigenvalue weighted by Crippen LogP contribution is 2.29. The Balaban J connectivity index is 1.85. The van der Waals surface area contributed by atoms with Crippen molar-refractivity contribution in [1.82, 2.24) is 0 Å². The molecule has 2 aliphatic rings. The minimum Gasteiger partial charge on any atom is -0.390 e. The van der Waals surface area contributed by atoms with Crippen LogP contribution in [0.2, 0.25) is 0 Å². The Morgan fingerprint density at radius 2 is 1.07 bits per heavy atom. The third-order valence-corrected chi connectivity index (χ3v) is 5.61. The molecule has 2 heterocycles. The Labute approximate surface area is 160 Å². The summed E-state index contributed by atoms with van der Waals surface area (Å²) in [7, 11) is 3.04. The molecule has 0 bridgehead atoms. The number of aliphatic hydroxyl groups is 4. The Bertz CT molecular complexity index is 437. The van der Waals surface area contributed by atoms with Gasteiger partial charge in [-0.3, -0.25) is 0 Å². The average molecular weight is 394 g/mol. The van der Waals surface area contributed by atoms with Gasteiger partial charge < -0.3 is 44.1 Å². The number of ether oxygens (including phenoxy) is 5. The van der Waals surface area contributed by atoms with Gasteiger partial charge in [-0.2, -0.15) is 0 Å². The lowest BCUT2D eigenvalue weighted by atomic mass is 9.87. The normalized spacial score (nSPS) is 45.8. The van der Waals surface area contributed by atoms with E-state index in [1.807, 2.05) is 6.92 Å². The Kier molecular flexibility index (Phi) is 8.85. The van der Waals surface area contributed by atoms with Gasteiger partial charge in [0.15, 0.2) is 0 Å². The molecule has 160 valence electrons. The van der Waals surface area contributed by atoms with Crippen LogP contribution >= 0.6 is 0 Å². The van der Waals surface area contributed by atoms with Crippen LogP contribution in [0.1, 0.15) is 13.8 Å². The molecule has 4 N–H and O–H groups in total. The van der Waals surface area contributed by atoms with Crippen LogP contribution in [-0.2, 0) is 23.7 Å². The number of hydrogen-bond donors (Lipinski definition) is 4. The summed E-state index contributed by atoms with van der Waals surface area (Å²) in [4.78, 5) is 0. The molecule has 9 nitrogen and oxygen atoms in total. The minimum atomic E-state index is -1.09. The molecule has 27 heavy (non-hydrogen) atoms. The van der Waals surface area contributed by atoms with Crippen LogP contribution in [0.5, 0.6) is 0 Å². The quantitative estimate of drug-likeness (QED) is 0.391. The molecule has 10 atom stereocenters. The van der Waals surface area contributed by atoms with Gasteiger partial charge in [0.2, 0.25) is 0 Å². The van der Waals surface area contributed by atoms with Crippen LogP contribution in [0, 0.1) is 11.8 Å². The second kappa shape index (κ2) is 10.4. The summed E-state index contributed by atoms with van der Waals surface area (Å²) in [5, 5.41) is 41.1. The lowest BCUT2D eigenvalue weighted by molar-refractivity contribution is -0.231. The molecule has 2 saturated heterocycles. The Morgan fingerprint density at radius 1 is 0.630 bits per heavy atom. The molecule has 0 radical (unpaired) electrons. The zero-order chi connectivity index (χ0) is 20.1. The fraction of sp³-hybridized carbons (Fsp3) is 1.00. The molecule has 0 spiro atoms. The third kappa shape index (κ3) is 5.37. The molecule has 0 amide bonds. The molecule has 9 heteroatoms. The van der Waals surface area contributed by atoms with Gasteiger partial charge in [0, 0.05) is 26.1 Å². The van der Waals surface area contributed by atoms with Crippen molar-refractivity contribution in [3.8, 4) is 0 Å². The predicted octanol–water partition coefficient (Wildman–Crippen LogP) is -1.45. The number of methoxy groups -OCH3 is 2. The fourth-order valence-electron chi connectivity index (χ4n) is 3.84. The highest BCUT2D eigenvalue weighted by Gasteiger charge is 2.44. The summed E-state index contributed by atoms with van der Waals surface area (Å²) in [6.45, 7) is 4.28. The van der Waals surface area contributed by atoms with Gasteiger partial charge in [-0.1, -0.05) is 0 Å². The molecular weight excluding hydrogens is 360 g/mol. The van der Waals surface area contributed by atoms with Crippen LogP contribution in [0.15, 0.2) is 0 Å². The fourth-order valence-corrected chi connectivity index (χ4v) is 3.84. The van der Waals surface area contributed by atoms with Gasteiger partial charge in [-0.15, -0.1) is 0 Å². The lowest BCUT2D eigenvalue weighted by Crippen LogP contribution is -2.57. The molecule has 2 fully saturated rings. The van der Waals surface area contributed by atoms with Gasteiger partial charge in [0.05, 0.1) is 50.8 Å². The number of hydrogen-bond acceptors (Lipinski definition) is 9. The van der Waals surface area contributed by atoms with Gasteiger partial charge in [0.1, 0.15) is 24.4 Å². The maximum absolute atomic E-state index is 10.4. The van der Waals surface area contributed by atoms with Crippen LogP contribution in [0.25, 0.3) is 0 Å². The molecule has 2 aliphatic heterocycles. The van der Waals surface area contributed by atoms with Crippen molar-refractivity contribution >= 4 is 0 Å². The van der Waals surface area contributed by atoms with Crippen molar-refractivity contribution < 1.29 is 44.1 Å². The topological polar surface area (TPSA) is 127 Å². The van der Waals surface area contributed by atoms with E-state index >= 15 is 0 Å². The van der Waals surface area contributed by atoms with Crippen LogP contribution < -0.4 is 0 Å². The van der Waals surface area contributed by atoms with E-state index in [0.717, 1.165) is 0 Å². The van der Waals surface area contributed by atoms with E-state index in [1.54, 1.807) is 6.92 Å². The van der Waals surface area contributed by atoms with Gasteiger partial charge in [-0.25, -0.2) is 0 Å². The number of aliphatic hydroxyl groups excluding tert-OH is 4. The van der Waals surface area contributed by atoms with Gasteiger partial charge in [-0.05, 0) is 13.8 Å². The maximum Gasteiger partial charge on any atom is 0.110 e. The van der Waals surface area contributed by atoms with E-state index < -0.39 is 42.5 Å². The van der Waals surface area contributed by atoms with Crippen molar-refractivity contribution in [2.75, 3.05) is 40.6 Å². The SMILES string of the molecule is COCC1OC(C)C(COCC2OC(C)C(COC)C(O)C2O)C(O)C1O. The molecule has 10 unspecified atom stereocenters. The molecule has 2 rings (SSSR count). The van der Waals surface area contributed by atoms with Crippen LogP contribution in [0.3, 0.4) is 0 Å². The standard InChI is InChI=1S/C18H34O9/c1-9-11(5-23-3)15(19)18(22)14(27-9)8-25-6-12-10(2)26-13(7-24-4)17(21)16(12)20/h9-22H,5-8H2,1-4H3. The molecule has 0 aliphatic carbocycles. The van der Waals surface area contributed by atoms with Crippen LogP contribution in [-0.4, -0.2) is 110 Å². The molecule has 0 aromatic carbocycles. The maximum atomic E-state index is 10.4. The van der Waals surface area contributed by atoms with Crippen LogP contribution in [0.4, 0.5) is 0 Å². The highest BCUT2D eigenvalue weighted by atomic mass is 16.6. The van der Waals surface area contributed by atoms with E-state index in [0.29, 0.717) is 0 Å². The minimum absolute atomic E-state index is 0.0514. The van der Waals surface area contributed by atoms with Crippen molar-refractivity contribution in [2.45, 2.75) is 62.7 Å². The smallest absolute Gasteiger partial charge is 0.110 e. The van der Waals surface area contributed by atoms with Crippen molar-refractivity contribution in [3.63, 3.8) is 0 Å². The van der Waals surface area contributed by atoms with E-state index in [2.05, 4.69) is 0 Å². The summed E-state index contributed by atoms with van der Waals surface area (Å²) >= 11 is 0. The first kappa shape index (κ1) is 22.9. The first-order chi connectivity index (χ1) is 12.8. The molecule has 0 aromatic rings. The summed E-state index contributed by atoms with van der Waals surface area (Å²) in [5.41, 5.74) is 0. The van der Waals surface area contributed by atoms with Gasteiger partial charge >= 0.3 is 0 Å². The van der Waals surface area contributed by atoms with Crippen molar-refractivity contribution in [3.05, 3.63) is 0 Å². The first-order valence-corrected chi connectivity index (χ1v) is 9.40. The Hall–Kier alpha value is -0.360. The summed E-state index contributed by atoms with van der Waals surface area (Å²) in [5.74, 6) is -0.750. The molecule has 0 aromatic heterocycles. The second-order valence-corrected chi connectivity index (χ2v) is 7.50. The predicted molar refractivity (Wildman–Crippen MR) is 94.2 cm³/mol.